The number of aromatic nitrogens is 3. The van der Waals surface area contributed by atoms with E-state index in [2.05, 4.69) is 11.9 Å². The molecule has 9 heteroatoms. The van der Waals surface area contributed by atoms with E-state index in [0.29, 0.717) is 31.6 Å². The third kappa shape index (κ3) is 5.18. The zero-order valence-corrected chi connectivity index (χ0v) is 20.7. The van der Waals surface area contributed by atoms with Crippen molar-refractivity contribution in [3.8, 4) is 0 Å². The van der Waals surface area contributed by atoms with Gasteiger partial charge < -0.3 is 9.64 Å². The molecule has 1 saturated carbocycles. The van der Waals surface area contributed by atoms with Crippen LogP contribution in [0, 0.1) is 12.8 Å². The van der Waals surface area contributed by atoms with Crippen LogP contribution in [-0.2, 0) is 10.2 Å². The lowest BCUT2D eigenvalue weighted by Crippen LogP contribution is -2.49. The van der Waals surface area contributed by atoms with Crippen LogP contribution in [0.5, 0.6) is 0 Å². The molecule has 0 spiro atoms. The summed E-state index contributed by atoms with van der Waals surface area (Å²) >= 11 is 0. The molecule has 1 aliphatic heterocycles. The average Bonchev–Trinajstić information content (AvgIpc) is 3.15. The molecule has 2 aromatic rings. The Labute approximate surface area is 198 Å². The van der Waals surface area contributed by atoms with E-state index in [1.54, 1.807) is 4.90 Å². The Kier molecular flexibility index (Phi) is 6.36. The van der Waals surface area contributed by atoms with Crippen molar-refractivity contribution in [2.75, 3.05) is 13.1 Å². The quantitative estimate of drug-likeness (QED) is 0.516. The van der Waals surface area contributed by atoms with E-state index in [9.17, 15) is 18.0 Å². The lowest BCUT2D eigenvalue weighted by Gasteiger charge is -2.41. The summed E-state index contributed by atoms with van der Waals surface area (Å²) in [6, 6.07) is 3.94. The molecule has 0 aromatic carbocycles. The van der Waals surface area contributed by atoms with E-state index in [1.165, 1.54) is 0 Å². The molecule has 188 valence electrons. The normalized spacial score (nSPS) is 26.6. The maximum Gasteiger partial charge on any atom is 0.410 e. The Morgan fingerprint density at radius 1 is 1.15 bits per heavy atom. The van der Waals surface area contributed by atoms with Gasteiger partial charge in [-0.15, -0.1) is 0 Å². The zero-order valence-electron chi connectivity index (χ0n) is 20.7. The second-order valence-corrected chi connectivity index (χ2v) is 11.3. The van der Waals surface area contributed by atoms with E-state index in [0.717, 1.165) is 29.9 Å². The second-order valence-electron chi connectivity index (χ2n) is 11.3. The first-order chi connectivity index (χ1) is 15.7. The van der Waals surface area contributed by atoms with Gasteiger partial charge in [-0.3, -0.25) is 0 Å². The van der Waals surface area contributed by atoms with E-state index in [1.807, 2.05) is 44.3 Å². The van der Waals surface area contributed by atoms with Gasteiger partial charge in [-0.1, -0.05) is 6.92 Å². The fraction of sp³-hybridized carbons (Fsp3) is 0.720. The molecule has 2 fully saturated rings. The van der Waals surface area contributed by atoms with Crippen molar-refractivity contribution in [1.29, 1.82) is 0 Å². The molecule has 2 aliphatic rings. The van der Waals surface area contributed by atoms with E-state index < -0.39 is 17.7 Å². The highest BCUT2D eigenvalue weighted by Gasteiger charge is 2.42. The number of nitrogens with zero attached hydrogens (tertiary/aromatic N) is 4. The second kappa shape index (κ2) is 8.72. The summed E-state index contributed by atoms with van der Waals surface area (Å²) in [6.07, 6.45) is -1.47. The highest BCUT2D eigenvalue weighted by molar-refractivity contribution is 5.68. The minimum atomic E-state index is -4.12. The number of rotatable bonds is 2. The van der Waals surface area contributed by atoms with Crippen LogP contribution >= 0.6 is 0 Å². The first-order valence-electron chi connectivity index (χ1n) is 12.2. The number of carbonyl (C=O) groups excluding carboxylic acids is 1. The maximum absolute atomic E-state index is 13.1. The number of piperidine rings is 1. The number of alkyl halides is 3. The lowest BCUT2D eigenvalue weighted by molar-refractivity contribution is -0.182. The Hall–Kier alpha value is -2.32. The number of hydrogen-bond acceptors (Lipinski definition) is 4. The molecule has 3 heterocycles. The number of ether oxygens (including phenoxy) is 1. The molecule has 34 heavy (non-hydrogen) atoms. The fourth-order valence-corrected chi connectivity index (χ4v) is 5.39. The first kappa shape index (κ1) is 24.8. The van der Waals surface area contributed by atoms with Crippen LogP contribution in [0.1, 0.15) is 89.2 Å². The predicted molar refractivity (Wildman–Crippen MR) is 123 cm³/mol. The van der Waals surface area contributed by atoms with Crippen molar-refractivity contribution < 1.29 is 22.7 Å². The standard InChI is InChI=1S/C25H35F3N4O2/c1-16-13-20(24(5)11-6-12-31(15-24)22(33)34-23(2,3)4)32-21(29-16)14-19(30-32)17-7-9-18(10-8-17)25(26,27)28/h13-14,17-18H,6-12,15H2,1-5H3/t17-,18-,24-/m1/s1. The molecule has 0 radical (unpaired) electrons. The maximum atomic E-state index is 13.1. The lowest BCUT2D eigenvalue weighted by atomic mass is 9.78. The van der Waals surface area contributed by atoms with Gasteiger partial charge in [-0.05, 0) is 72.3 Å². The van der Waals surface area contributed by atoms with E-state index in [4.69, 9.17) is 9.84 Å². The highest BCUT2D eigenvalue weighted by Crippen LogP contribution is 2.43. The van der Waals surface area contributed by atoms with Crippen molar-refractivity contribution in [1.82, 2.24) is 19.5 Å². The first-order valence-corrected chi connectivity index (χ1v) is 12.2. The molecule has 0 unspecified atom stereocenters. The van der Waals surface area contributed by atoms with E-state index >= 15 is 0 Å². The molecule has 1 atom stereocenters. The Bertz CT molecular complexity index is 1050. The van der Waals surface area contributed by atoms with E-state index in [-0.39, 0.29) is 30.3 Å². The van der Waals surface area contributed by atoms with Gasteiger partial charge in [0.1, 0.15) is 5.60 Å². The zero-order chi connectivity index (χ0) is 24.9. The third-order valence-corrected chi connectivity index (χ3v) is 7.15. The third-order valence-electron chi connectivity index (χ3n) is 7.15. The molecular formula is C25H35F3N4O2. The largest absolute Gasteiger partial charge is 0.444 e. The monoisotopic (exact) mass is 480 g/mol. The summed E-state index contributed by atoms with van der Waals surface area (Å²) in [5.74, 6) is -1.21. The van der Waals surface area contributed by atoms with Gasteiger partial charge >= 0.3 is 12.3 Å². The Morgan fingerprint density at radius 3 is 2.44 bits per heavy atom. The molecular weight excluding hydrogens is 445 g/mol. The predicted octanol–water partition coefficient (Wildman–Crippen LogP) is 6.16. The number of amides is 1. The van der Waals surface area contributed by atoms with Crippen LogP contribution in [0.3, 0.4) is 0 Å². The SMILES string of the molecule is Cc1cc([C@]2(C)CCCN(C(=O)OC(C)(C)C)C2)n2nc([C@H]3CC[C@H](C(F)(F)F)CC3)cc2n1. The smallest absolute Gasteiger partial charge is 0.410 e. The van der Waals surface area contributed by atoms with Gasteiger partial charge in [0.15, 0.2) is 5.65 Å². The van der Waals surface area contributed by atoms with Crippen LogP contribution in [0.15, 0.2) is 12.1 Å². The highest BCUT2D eigenvalue weighted by atomic mass is 19.4. The van der Waals surface area contributed by atoms with Gasteiger partial charge in [0.05, 0.1) is 17.3 Å². The molecule has 6 nitrogen and oxygen atoms in total. The van der Waals surface area contributed by atoms with Gasteiger partial charge in [-0.25, -0.2) is 14.3 Å². The van der Waals surface area contributed by atoms with Crippen LogP contribution < -0.4 is 0 Å². The topological polar surface area (TPSA) is 59.7 Å². The van der Waals surface area contributed by atoms with Crippen molar-refractivity contribution >= 4 is 11.7 Å². The number of likely N-dealkylation sites (tertiary alicyclic amines) is 1. The van der Waals surface area contributed by atoms with Crippen molar-refractivity contribution in [3.05, 3.63) is 29.2 Å². The number of aryl methyl sites for hydroxylation is 1. The summed E-state index contributed by atoms with van der Waals surface area (Å²) < 4.78 is 46.7. The molecule has 2 aromatic heterocycles. The molecule has 1 aliphatic carbocycles. The number of hydrogen-bond donors (Lipinski definition) is 0. The van der Waals surface area contributed by atoms with Crippen LogP contribution in [0.2, 0.25) is 0 Å². The van der Waals surface area contributed by atoms with Gasteiger partial charge in [0.25, 0.3) is 0 Å². The number of carbonyl (C=O) groups is 1. The van der Waals surface area contributed by atoms with Crippen molar-refractivity contribution in [2.24, 2.45) is 5.92 Å². The number of halogens is 3. The minimum absolute atomic E-state index is 0.00544. The van der Waals surface area contributed by atoms with Crippen LogP contribution in [-0.4, -0.2) is 50.5 Å². The van der Waals surface area contributed by atoms with Gasteiger partial charge in [0.2, 0.25) is 0 Å². The van der Waals surface area contributed by atoms with Crippen molar-refractivity contribution in [3.63, 3.8) is 0 Å². The van der Waals surface area contributed by atoms with Crippen LogP contribution in [0.4, 0.5) is 18.0 Å². The van der Waals surface area contributed by atoms with Gasteiger partial charge in [-0.2, -0.15) is 18.3 Å². The van der Waals surface area contributed by atoms with Crippen LogP contribution in [0.25, 0.3) is 5.65 Å². The molecule has 4 rings (SSSR count). The molecule has 0 bridgehead atoms. The van der Waals surface area contributed by atoms with Gasteiger partial charge in [0, 0.05) is 36.2 Å². The average molecular weight is 481 g/mol. The molecule has 1 amide bonds. The van der Waals surface area contributed by atoms with Crippen molar-refractivity contribution in [2.45, 2.75) is 96.3 Å². The summed E-state index contributed by atoms with van der Waals surface area (Å²) in [4.78, 5) is 19.2. The summed E-state index contributed by atoms with van der Waals surface area (Å²) in [7, 11) is 0. The Balaban J connectivity index is 1.60. The minimum Gasteiger partial charge on any atom is -0.444 e. The summed E-state index contributed by atoms with van der Waals surface area (Å²) in [5, 5.41) is 4.85. The molecule has 1 saturated heterocycles. The summed E-state index contributed by atoms with van der Waals surface area (Å²) in [5.41, 5.74) is 2.43. The summed E-state index contributed by atoms with van der Waals surface area (Å²) in [6.45, 7) is 10.8. The fourth-order valence-electron chi connectivity index (χ4n) is 5.39. The Morgan fingerprint density at radius 2 is 1.82 bits per heavy atom. The number of fused-ring (bicyclic) bond motifs is 1. The molecule has 0 N–H and O–H groups in total.